The Hall–Kier alpha value is -1.85. The zero-order chi connectivity index (χ0) is 12.4. The van der Waals surface area contributed by atoms with E-state index in [9.17, 15) is 8.78 Å². The summed E-state index contributed by atoms with van der Waals surface area (Å²) < 4.78 is 29.0. The fourth-order valence-electron chi connectivity index (χ4n) is 1.84. The Bertz CT molecular complexity index is 436. The Balaban J connectivity index is 2.27. The molecule has 1 aromatic carbocycles. The van der Waals surface area contributed by atoms with Crippen molar-refractivity contribution in [1.82, 2.24) is 4.90 Å². The number of hydrogen-bond donors (Lipinski definition) is 1. The third kappa shape index (κ3) is 2.30. The van der Waals surface area contributed by atoms with Crippen molar-refractivity contribution in [2.24, 2.45) is 10.7 Å². The number of benzene rings is 1. The molecule has 0 amide bonds. The minimum absolute atomic E-state index is 0.148. The number of ether oxygens (including phenoxy) is 1. The van der Waals surface area contributed by atoms with Gasteiger partial charge in [-0.2, -0.15) is 8.78 Å². The number of hydrogen-bond acceptors (Lipinski definition) is 4. The molecular weight excluding hydrogens is 228 g/mol. The summed E-state index contributed by atoms with van der Waals surface area (Å²) in [6, 6.07) is 6.54. The normalized spacial score (nSPS) is 19.6. The van der Waals surface area contributed by atoms with Crippen LogP contribution in [0.2, 0.25) is 0 Å². The molecule has 0 spiro atoms. The number of likely N-dealkylation sites (N-methyl/N-ethyl adjacent to an activating group) is 1. The number of para-hydroxylation sites is 1. The second kappa shape index (κ2) is 4.57. The lowest BCUT2D eigenvalue weighted by Gasteiger charge is -2.23. The molecule has 1 heterocycles. The van der Waals surface area contributed by atoms with Crippen molar-refractivity contribution in [3.8, 4) is 5.75 Å². The SMILES string of the molecule is CN1C(N)=NCC1c1ccccc1OC(F)F. The molecule has 1 unspecified atom stereocenters. The molecule has 1 atom stereocenters. The minimum Gasteiger partial charge on any atom is -0.434 e. The van der Waals surface area contributed by atoms with Crippen LogP contribution >= 0.6 is 0 Å². The molecule has 1 aromatic rings. The van der Waals surface area contributed by atoms with Gasteiger partial charge in [-0.15, -0.1) is 0 Å². The van der Waals surface area contributed by atoms with Gasteiger partial charge in [0.05, 0.1) is 12.6 Å². The molecular formula is C11H13F2N3O. The van der Waals surface area contributed by atoms with Crippen LogP contribution in [0.15, 0.2) is 29.3 Å². The van der Waals surface area contributed by atoms with Gasteiger partial charge in [0.15, 0.2) is 5.96 Å². The summed E-state index contributed by atoms with van der Waals surface area (Å²) in [6.45, 7) is -2.38. The number of nitrogens with two attached hydrogens (primary N) is 1. The highest BCUT2D eigenvalue weighted by Crippen LogP contribution is 2.32. The topological polar surface area (TPSA) is 50.8 Å². The van der Waals surface area contributed by atoms with E-state index in [-0.39, 0.29) is 11.8 Å². The molecule has 0 bridgehead atoms. The van der Waals surface area contributed by atoms with E-state index in [1.165, 1.54) is 6.07 Å². The van der Waals surface area contributed by atoms with Crippen LogP contribution in [-0.4, -0.2) is 31.1 Å². The van der Waals surface area contributed by atoms with Crippen molar-refractivity contribution in [2.45, 2.75) is 12.7 Å². The summed E-state index contributed by atoms with van der Waals surface area (Å²) in [5, 5.41) is 0. The van der Waals surface area contributed by atoms with Crippen molar-refractivity contribution in [1.29, 1.82) is 0 Å². The number of aliphatic imine (C=N–C) groups is 1. The zero-order valence-electron chi connectivity index (χ0n) is 9.31. The van der Waals surface area contributed by atoms with Gasteiger partial charge in [0.1, 0.15) is 5.75 Å². The number of halogens is 2. The van der Waals surface area contributed by atoms with Crippen LogP contribution in [0.25, 0.3) is 0 Å². The fourth-order valence-corrected chi connectivity index (χ4v) is 1.84. The number of nitrogens with zero attached hydrogens (tertiary/aromatic N) is 2. The molecule has 0 aromatic heterocycles. The molecule has 17 heavy (non-hydrogen) atoms. The highest BCUT2D eigenvalue weighted by molar-refractivity contribution is 5.80. The standard InChI is InChI=1S/C11H13F2N3O/c1-16-8(6-15-11(16)14)7-4-2-3-5-9(7)17-10(12)13/h2-5,8,10H,6H2,1H3,(H2,14,15). The maximum atomic E-state index is 12.3. The van der Waals surface area contributed by atoms with Crippen LogP contribution in [0.3, 0.4) is 0 Å². The lowest BCUT2D eigenvalue weighted by atomic mass is 10.1. The van der Waals surface area contributed by atoms with Gasteiger partial charge in [-0.3, -0.25) is 4.99 Å². The van der Waals surface area contributed by atoms with Crippen molar-refractivity contribution in [3.63, 3.8) is 0 Å². The molecule has 6 heteroatoms. The van der Waals surface area contributed by atoms with E-state index in [1.807, 2.05) is 0 Å². The van der Waals surface area contributed by atoms with Crippen LogP contribution in [-0.2, 0) is 0 Å². The first-order chi connectivity index (χ1) is 8.09. The average molecular weight is 241 g/mol. The Labute approximate surface area is 97.7 Å². The largest absolute Gasteiger partial charge is 0.434 e. The average Bonchev–Trinajstić information content (AvgIpc) is 2.60. The smallest absolute Gasteiger partial charge is 0.387 e. The molecule has 0 saturated heterocycles. The lowest BCUT2D eigenvalue weighted by molar-refractivity contribution is -0.0508. The fraction of sp³-hybridized carbons (Fsp3) is 0.364. The monoisotopic (exact) mass is 241 g/mol. The van der Waals surface area contributed by atoms with Gasteiger partial charge in [-0.05, 0) is 6.07 Å². The van der Waals surface area contributed by atoms with E-state index in [4.69, 9.17) is 5.73 Å². The van der Waals surface area contributed by atoms with Crippen molar-refractivity contribution >= 4 is 5.96 Å². The Kier molecular flexibility index (Phi) is 3.12. The van der Waals surface area contributed by atoms with E-state index in [1.54, 1.807) is 30.1 Å². The first kappa shape index (κ1) is 11.6. The van der Waals surface area contributed by atoms with Gasteiger partial charge in [0.2, 0.25) is 0 Å². The summed E-state index contributed by atoms with van der Waals surface area (Å²) in [7, 11) is 1.77. The van der Waals surface area contributed by atoms with Crippen LogP contribution in [0, 0.1) is 0 Å². The number of rotatable bonds is 3. The summed E-state index contributed by atoms with van der Waals surface area (Å²) >= 11 is 0. The molecule has 92 valence electrons. The highest BCUT2D eigenvalue weighted by atomic mass is 19.3. The second-order valence-corrected chi connectivity index (χ2v) is 3.74. The molecule has 1 aliphatic rings. The maximum Gasteiger partial charge on any atom is 0.387 e. The van der Waals surface area contributed by atoms with Crippen molar-refractivity contribution in [2.75, 3.05) is 13.6 Å². The highest BCUT2D eigenvalue weighted by Gasteiger charge is 2.27. The Morgan fingerprint density at radius 1 is 1.47 bits per heavy atom. The minimum atomic E-state index is -2.83. The Morgan fingerprint density at radius 3 is 2.76 bits per heavy atom. The predicted molar refractivity (Wildman–Crippen MR) is 60.1 cm³/mol. The second-order valence-electron chi connectivity index (χ2n) is 3.74. The van der Waals surface area contributed by atoms with E-state index in [0.29, 0.717) is 18.1 Å². The quantitative estimate of drug-likeness (QED) is 0.874. The van der Waals surface area contributed by atoms with E-state index in [0.717, 1.165) is 0 Å². The van der Waals surface area contributed by atoms with Crippen molar-refractivity contribution < 1.29 is 13.5 Å². The molecule has 0 fully saturated rings. The first-order valence-electron chi connectivity index (χ1n) is 5.16. The van der Waals surface area contributed by atoms with Crippen LogP contribution < -0.4 is 10.5 Å². The Morgan fingerprint density at radius 2 is 2.18 bits per heavy atom. The predicted octanol–water partition coefficient (Wildman–Crippen LogP) is 1.59. The summed E-state index contributed by atoms with van der Waals surface area (Å²) in [4.78, 5) is 5.82. The zero-order valence-corrected chi connectivity index (χ0v) is 9.31. The van der Waals surface area contributed by atoms with Gasteiger partial charge in [0.25, 0.3) is 0 Å². The molecule has 4 nitrogen and oxygen atoms in total. The third-order valence-corrected chi connectivity index (χ3v) is 2.75. The molecule has 1 aliphatic heterocycles. The van der Waals surface area contributed by atoms with Crippen LogP contribution in [0.5, 0.6) is 5.75 Å². The van der Waals surface area contributed by atoms with Gasteiger partial charge in [0, 0.05) is 12.6 Å². The maximum absolute atomic E-state index is 12.3. The summed E-state index contributed by atoms with van der Waals surface area (Å²) in [5.41, 5.74) is 6.31. The molecule has 0 radical (unpaired) electrons. The number of alkyl halides is 2. The van der Waals surface area contributed by atoms with Crippen LogP contribution in [0.4, 0.5) is 8.78 Å². The van der Waals surface area contributed by atoms with Crippen LogP contribution in [0.1, 0.15) is 11.6 Å². The van der Waals surface area contributed by atoms with Gasteiger partial charge < -0.3 is 15.4 Å². The van der Waals surface area contributed by atoms with Gasteiger partial charge in [-0.25, -0.2) is 0 Å². The van der Waals surface area contributed by atoms with Crippen molar-refractivity contribution in [3.05, 3.63) is 29.8 Å². The van der Waals surface area contributed by atoms with E-state index in [2.05, 4.69) is 9.73 Å². The lowest BCUT2D eigenvalue weighted by Crippen LogP contribution is -2.32. The first-order valence-corrected chi connectivity index (χ1v) is 5.16. The van der Waals surface area contributed by atoms with Gasteiger partial charge >= 0.3 is 6.61 Å². The van der Waals surface area contributed by atoms with E-state index >= 15 is 0 Å². The molecule has 0 saturated carbocycles. The molecule has 0 aliphatic carbocycles. The van der Waals surface area contributed by atoms with E-state index < -0.39 is 6.61 Å². The summed E-state index contributed by atoms with van der Waals surface area (Å²) in [6.07, 6.45) is 0. The number of guanidine groups is 1. The van der Waals surface area contributed by atoms with Gasteiger partial charge in [-0.1, -0.05) is 18.2 Å². The molecule has 2 N–H and O–H groups in total. The summed E-state index contributed by atoms with van der Waals surface area (Å²) in [5.74, 6) is 0.575. The third-order valence-electron chi connectivity index (χ3n) is 2.75. The molecule has 2 rings (SSSR count).